The van der Waals surface area contributed by atoms with Gasteiger partial charge >= 0.3 is 0 Å². The van der Waals surface area contributed by atoms with Gasteiger partial charge < -0.3 is 5.32 Å². The van der Waals surface area contributed by atoms with Gasteiger partial charge in [0.15, 0.2) is 0 Å². The van der Waals surface area contributed by atoms with E-state index in [0.29, 0.717) is 11.6 Å². The van der Waals surface area contributed by atoms with Gasteiger partial charge in [0.25, 0.3) is 0 Å². The molecule has 0 saturated carbocycles. The number of benzene rings is 1. The van der Waals surface area contributed by atoms with Crippen molar-refractivity contribution in [1.29, 1.82) is 0 Å². The first-order valence-corrected chi connectivity index (χ1v) is 7.22. The SMILES string of the molecule is CS(=O)(=O)Nc1cccc(C2CCNC2)c1. The van der Waals surface area contributed by atoms with Crippen LogP contribution in [0.1, 0.15) is 17.9 Å². The fourth-order valence-corrected chi connectivity index (χ4v) is 2.56. The molecule has 1 aliphatic rings. The fraction of sp³-hybridized carbons (Fsp3) is 0.455. The fourth-order valence-electron chi connectivity index (χ4n) is 2.01. The highest BCUT2D eigenvalue weighted by molar-refractivity contribution is 7.92. The van der Waals surface area contributed by atoms with E-state index >= 15 is 0 Å². The molecule has 1 saturated heterocycles. The van der Waals surface area contributed by atoms with Crippen molar-refractivity contribution in [1.82, 2.24) is 5.32 Å². The molecule has 1 heterocycles. The van der Waals surface area contributed by atoms with Crippen LogP contribution in [0, 0.1) is 0 Å². The molecule has 1 aromatic rings. The Hall–Kier alpha value is -1.07. The minimum Gasteiger partial charge on any atom is -0.316 e. The number of nitrogens with one attached hydrogen (secondary N) is 2. The molecule has 1 aromatic carbocycles. The predicted octanol–water partition coefficient (Wildman–Crippen LogP) is 1.13. The number of anilines is 1. The summed E-state index contributed by atoms with van der Waals surface area (Å²) in [6.07, 6.45) is 2.28. The van der Waals surface area contributed by atoms with E-state index in [0.717, 1.165) is 25.8 Å². The molecule has 1 atom stereocenters. The Bertz CT molecular complexity index is 465. The molecule has 0 amide bonds. The summed E-state index contributed by atoms with van der Waals surface area (Å²) in [5, 5.41) is 3.30. The summed E-state index contributed by atoms with van der Waals surface area (Å²) in [5.41, 5.74) is 1.84. The van der Waals surface area contributed by atoms with Crippen molar-refractivity contribution in [3.05, 3.63) is 29.8 Å². The third kappa shape index (κ3) is 2.96. The first-order chi connectivity index (χ1) is 7.54. The van der Waals surface area contributed by atoms with Crippen molar-refractivity contribution in [3.8, 4) is 0 Å². The predicted molar refractivity (Wildman–Crippen MR) is 65.1 cm³/mol. The highest BCUT2D eigenvalue weighted by Crippen LogP contribution is 2.24. The average molecular weight is 240 g/mol. The van der Waals surface area contributed by atoms with Gasteiger partial charge in [0.2, 0.25) is 10.0 Å². The zero-order valence-corrected chi connectivity index (χ0v) is 10.0. The van der Waals surface area contributed by atoms with E-state index in [1.165, 1.54) is 5.56 Å². The van der Waals surface area contributed by atoms with Gasteiger partial charge in [-0.3, -0.25) is 4.72 Å². The monoisotopic (exact) mass is 240 g/mol. The molecule has 88 valence electrons. The van der Waals surface area contributed by atoms with E-state index in [1.54, 1.807) is 6.07 Å². The summed E-state index contributed by atoms with van der Waals surface area (Å²) in [4.78, 5) is 0. The van der Waals surface area contributed by atoms with Crippen LogP contribution in [0.5, 0.6) is 0 Å². The van der Waals surface area contributed by atoms with Crippen molar-refractivity contribution in [2.75, 3.05) is 24.1 Å². The van der Waals surface area contributed by atoms with Crippen molar-refractivity contribution >= 4 is 15.7 Å². The number of rotatable bonds is 3. The highest BCUT2D eigenvalue weighted by Gasteiger charge is 2.16. The maximum Gasteiger partial charge on any atom is 0.229 e. The Morgan fingerprint density at radius 3 is 2.88 bits per heavy atom. The largest absolute Gasteiger partial charge is 0.316 e. The summed E-state index contributed by atoms with van der Waals surface area (Å²) in [6, 6.07) is 7.62. The Morgan fingerprint density at radius 1 is 1.44 bits per heavy atom. The van der Waals surface area contributed by atoms with Crippen molar-refractivity contribution in [2.24, 2.45) is 0 Å². The van der Waals surface area contributed by atoms with Crippen LogP contribution in [0.25, 0.3) is 0 Å². The van der Waals surface area contributed by atoms with Gasteiger partial charge in [-0.05, 0) is 36.6 Å². The molecule has 4 nitrogen and oxygen atoms in total. The van der Waals surface area contributed by atoms with Crippen LogP contribution in [0.2, 0.25) is 0 Å². The summed E-state index contributed by atoms with van der Waals surface area (Å²) in [7, 11) is -3.18. The van der Waals surface area contributed by atoms with Gasteiger partial charge in [0.05, 0.1) is 6.26 Å². The van der Waals surface area contributed by atoms with E-state index in [1.807, 2.05) is 18.2 Å². The zero-order chi connectivity index (χ0) is 11.6. The van der Waals surface area contributed by atoms with Crippen molar-refractivity contribution in [3.63, 3.8) is 0 Å². The molecule has 1 aliphatic heterocycles. The molecule has 0 aliphatic carbocycles. The lowest BCUT2D eigenvalue weighted by molar-refractivity contribution is 0.607. The van der Waals surface area contributed by atoms with Crippen molar-refractivity contribution < 1.29 is 8.42 Å². The topological polar surface area (TPSA) is 58.2 Å². The number of hydrogen-bond acceptors (Lipinski definition) is 3. The maximum absolute atomic E-state index is 11.1. The lowest BCUT2D eigenvalue weighted by Crippen LogP contribution is -2.11. The van der Waals surface area contributed by atoms with Crippen LogP contribution in [0.15, 0.2) is 24.3 Å². The van der Waals surface area contributed by atoms with Crippen LogP contribution in [0.4, 0.5) is 5.69 Å². The van der Waals surface area contributed by atoms with Crippen LogP contribution in [-0.2, 0) is 10.0 Å². The van der Waals surface area contributed by atoms with Crippen molar-refractivity contribution in [2.45, 2.75) is 12.3 Å². The van der Waals surface area contributed by atoms with Gasteiger partial charge in [-0.1, -0.05) is 12.1 Å². The second-order valence-corrected chi connectivity index (χ2v) is 5.94. The van der Waals surface area contributed by atoms with Crippen LogP contribution in [-0.4, -0.2) is 27.8 Å². The molecule has 1 fully saturated rings. The molecule has 1 unspecified atom stereocenters. The zero-order valence-electron chi connectivity index (χ0n) is 9.23. The van der Waals surface area contributed by atoms with Gasteiger partial charge in [-0.25, -0.2) is 8.42 Å². The third-order valence-electron chi connectivity index (χ3n) is 2.72. The lowest BCUT2D eigenvalue weighted by Gasteiger charge is -2.11. The highest BCUT2D eigenvalue weighted by atomic mass is 32.2. The normalized spacial score (nSPS) is 20.9. The molecular formula is C11H16N2O2S. The molecule has 2 rings (SSSR count). The molecule has 0 spiro atoms. The summed E-state index contributed by atoms with van der Waals surface area (Å²) in [5.74, 6) is 0.501. The quantitative estimate of drug-likeness (QED) is 0.833. The summed E-state index contributed by atoms with van der Waals surface area (Å²) in [6.45, 7) is 2.01. The average Bonchev–Trinajstić information content (AvgIpc) is 2.68. The van der Waals surface area contributed by atoms with E-state index in [4.69, 9.17) is 0 Å². The second-order valence-electron chi connectivity index (χ2n) is 4.19. The first-order valence-electron chi connectivity index (χ1n) is 5.33. The van der Waals surface area contributed by atoms with Gasteiger partial charge in [-0.2, -0.15) is 0 Å². The molecular weight excluding hydrogens is 224 g/mol. The molecule has 0 bridgehead atoms. The van der Waals surface area contributed by atoms with Gasteiger partial charge in [0.1, 0.15) is 0 Å². The number of hydrogen-bond donors (Lipinski definition) is 2. The Morgan fingerprint density at radius 2 is 2.25 bits per heavy atom. The molecule has 0 radical (unpaired) electrons. The van der Waals surface area contributed by atoms with Gasteiger partial charge in [0, 0.05) is 12.2 Å². The van der Waals surface area contributed by atoms with E-state index in [-0.39, 0.29) is 0 Å². The van der Waals surface area contributed by atoms with Gasteiger partial charge in [-0.15, -0.1) is 0 Å². The standard InChI is InChI=1S/C11H16N2O2S/c1-16(14,15)13-11-4-2-3-9(7-11)10-5-6-12-8-10/h2-4,7,10,12-13H,5-6,8H2,1H3. The van der Waals surface area contributed by atoms with E-state index < -0.39 is 10.0 Å². The number of sulfonamides is 1. The summed E-state index contributed by atoms with van der Waals surface area (Å²) < 4.78 is 24.7. The minimum atomic E-state index is -3.18. The molecule has 0 aromatic heterocycles. The van der Waals surface area contributed by atoms with Crippen LogP contribution in [0.3, 0.4) is 0 Å². The summed E-state index contributed by atoms with van der Waals surface area (Å²) >= 11 is 0. The Labute approximate surface area is 96.1 Å². The Balaban J connectivity index is 2.19. The minimum absolute atomic E-state index is 0.501. The third-order valence-corrected chi connectivity index (χ3v) is 3.33. The molecule has 5 heteroatoms. The lowest BCUT2D eigenvalue weighted by atomic mass is 9.98. The first kappa shape index (κ1) is 11.4. The van der Waals surface area contributed by atoms with E-state index in [9.17, 15) is 8.42 Å². The maximum atomic E-state index is 11.1. The smallest absolute Gasteiger partial charge is 0.229 e. The van der Waals surface area contributed by atoms with E-state index in [2.05, 4.69) is 10.0 Å². The molecule has 2 N–H and O–H groups in total. The van der Waals surface area contributed by atoms with Crippen LogP contribution < -0.4 is 10.0 Å². The second kappa shape index (κ2) is 4.43. The molecule has 16 heavy (non-hydrogen) atoms. The van der Waals surface area contributed by atoms with Crippen LogP contribution >= 0.6 is 0 Å². The Kier molecular flexibility index (Phi) is 3.16.